The van der Waals surface area contributed by atoms with Crippen LogP contribution in [0.25, 0.3) is 0 Å². The van der Waals surface area contributed by atoms with E-state index in [0.717, 1.165) is 36.6 Å². The number of rotatable bonds is 10. The van der Waals surface area contributed by atoms with Crippen LogP contribution in [0.5, 0.6) is 0 Å². The van der Waals surface area contributed by atoms with Crippen molar-refractivity contribution in [3.63, 3.8) is 0 Å². The van der Waals surface area contributed by atoms with Crippen molar-refractivity contribution >= 4 is 11.6 Å². The second kappa shape index (κ2) is 9.41. The second-order valence-corrected chi connectivity index (χ2v) is 4.22. The number of aromatic nitrogens is 2. The molecule has 7 heteroatoms. The highest BCUT2D eigenvalue weighted by Gasteiger charge is 2.09. The van der Waals surface area contributed by atoms with Gasteiger partial charge in [0.05, 0.1) is 6.61 Å². The molecule has 1 heterocycles. The summed E-state index contributed by atoms with van der Waals surface area (Å²) in [5.74, 6) is 1.54. The van der Waals surface area contributed by atoms with Crippen molar-refractivity contribution < 1.29 is 13.5 Å². The van der Waals surface area contributed by atoms with Crippen LogP contribution in [-0.4, -0.2) is 42.7 Å². The predicted molar refractivity (Wildman–Crippen MR) is 75.5 cm³/mol. The number of nitrogens with one attached hydrogen (secondary N) is 2. The van der Waals surface area contributed by atoms with E-state index in [0.29, 0.717) is 6.54 Å². The number of hydrogen-bond donors (Lipinski definition) is 2. The molecule has 0 atom stereocenters. The highest BCUT2D eigenvalue weighted by atomic mass is 19.3. The van der Waals surface area contributed by atoms with E-state index in [-0.39, 0.29) is 6.61 Å². The number of alkyl halides is 2. The van der Waals surface area contributed by atoms with Crippen molar-refractivity contribution in [3.8, 4) is 0 Å². The van der Waals surface area contributed by atoms with E-state index in [1.807, 2.05) is 6.92 Å². The maximum atomic E-state index is 11.9. The minimum Gasteiger partial charge on any atom is -0.374 e. The van der Waals surface area contributed by atoms with E-state index in [2.05, 4.69) is 27.5 Å². The normalized spacial score (nSPS) is 10.8. The number of halogens is 2. The summed E-state index contributed by atoms with van der Waals surface area (Å²) in [6, 6.07) is 0. The van der Waals surface area contributed by atoms with Crippen LogP contribution < -0.4 is 10.6 Å². The molecule has 0 aliphatic rings. The summed E-state index contributed by atoms with van der Waals surface area (Å²) < 4.78 is 28.6. The van der Waals surface area contributed by atoms with Gasteiger partial charge in [-0.15, -0.1) is 0 Å². The third-order valence-electron chi connectivity index (χ3n) is 2.62. The van der Waals surface area contributed by atoms with Gasteiger partial charge in [0.2, 0.25) is 0 Å². The Bertz CT molecular complexity index is 391. The SMILES string of the molecule is CCCNc1ncnc(NCCOCC(F)F)c1CC. The lowest BCUT2D eigenvalue weighted by Crippen LogP contribution is -2.16. The molecule has 20 heavy (non-hydrogen) atoms. The van der Waals surface area contributed by atoms with Gasteiger partial charge in [0.1, 0.15) is 24.6 Å². The molecule has 114 valence electrons. The zero-order valence-electron chi connectivity index (χ0n) is 12.0. The first-order chi connectivity index (χ1) is 9.69. The molecule has 5 nitrogen and oxygen atoms in total. The Balaban J connectivity index is 2.51. The molecule has 0 fully saturated rings. The molecule has 1 aromatic heterocycles. The average Bonchev–Trinajstić information content (AvgIpc) is 2.44. The van der Waals surface area contributed by atoms with Crippen LogP contribution in [0, 0.1) is 0 Å². The molecule has 1 rings (SSSR count). The molecule has 0 bridgehead atoms. The fourth-order valence-electron chi connectivity index (χ4n) is 1.71. The zero-order chi connectivity index (χ0) is 14.8. The van der Waals surface area contributed by atoms with Crippen LogP contribution in [0.3, 0.4) is 0 Å². The van der Waals surface area contributed by atoms with E-state index in [1.165, 1.54) is 6.33 Å². The molecule has 0 unspecified atom stereocenters. The average molecular weight is 288 g/mol. The Kier molecular flexibility index (Phi) is 7.79. The topological polar surface area (TPSA) is 59.1 Å². The Morgan fingerprint density at radius 3 is 2.35 bits per heavy atom. The monoisotopic (exact) mass is 288 g/mol. The van der Waals surface area contributed by atoms with Crippen LogP contribution in [0.1, 0.15) is 25.8 Å². The molecule has 0 saturated heterocycles. The minimum atomic E-state index is -2.43. The van der Waals surface area contributed by atoms with Crippen molar-refractivity contribution in [1.82, 2.24) is 9.97 Å². The lowest BCUT2D eigenvalue weighted by molar-refractivity contribution is 0.0214. The lowest BCUT2D eigenvalue weighted by atomic mass is 10.2. The molecule has 0 aliphatic carbocycles. The van der Waals surface area contributed by atoms with Crippen molar-refractivity contribution in [2.45, 2.75) is 33.1 Å². The van der Waals surface area contributed by atoms with Gasteiger partial charge >= 0.3 is 0 Å². The van der Waals surface area contributed by atoms with Gasteiger partial charge in [-0.1, -0.05) is 13.8 Å². The quantitative estimate of drug-likeness (QED) is 0.648. The molecule has 0 aliphatic heterocycles. The summed E-state index contributed by atoms with van der Waals surface area (Å²) in [5, 5.41) is 6.34. The maximum Gasteiger partial charge on any atom is 0.261 e. The molecular formula is C13H22F2N4O. The first kappa shape index (κ1) is 16.6. The fraction of sp³-hybridized carbons (Fsp3) is 0.692. The summed E-state index contributed by atoms with van der Waals surface area (Å²) in [6.45, 7) is 5.07. The summed E-state index contributed by atoms with van der Waals surface area (Å²) in [7, 11) is 0. The number of ether oxygens (including phenoxy) is 1. The number of nitrogens with zero attached hydrogens (tertiary/aromatic N) is 2. The molecule has 0 amide bonds. The predicted octanol–water partition coefficient (Wildman–Crippen LogP) is 2.55. The van der Waals surface area contributed by atoms with Gasteiger partial charge in [0.15, 0.2) is 0 Å². The van der Waals surface area contributed by atoms with Crippen LogP contribution in [0.2, 0.25) is 0 Å². The Hall–Kier alpha value is -1.50. The Morgan fingerprint density at radius 2 is 1.80 bits per heavy atom. The first-order valence-electron chi connectivity index (χ1n) is 6.86. The number of anilines is 2. The van der Waals surface area contributed by atoms with Gasteiger partial charge in [-0.2, -0.15) is 0 Å². The molecule has 2 N–H and O–H groups in total. The molecular weight excluding hydrogens is 266 g/mol. The molecule has 0 spiro atoms. The Morgan fingerprint density at radius 1 is 1.15 bits per heavy atom. The summed E-state index contributed by atoms with van der Waals surface area (Å²) in [6.07, 6.45) is 0.856. The van der Waals surface area contributed by atoms with Crippen molar-refractivity contribution in [2.75, 3.05) is 36.9 Å². The van der Waals surface area contributed by atoms with Gasteiger partial charge in [-0.25, -0.2) is 18.7 Å². The maximum absolute atomic E-state index is 11.9. The fourth-order valence-corrected chi connectivity index (χ4v) is 1.71. The number of hydrogen-bond acceptors (Lipinski definition) is 5. The van der Waals surface area contributed by atoms with Crippen LogP contribution in [0.4, 0.5) is 20.4 Å². The smallest absolute Gasteiger partial charge is 0.261 e. The third kappa shape index (κ3) is 5.64. The third-order valence-corrected chi connectivity index (χ3v) is 2.62. The van der Waals surface area contributed by atoms with E-state index < -0.39 is 13.0 Å². The largest absolute Gasteiger partial charge is 0.374 e. The van der Waals surface area contributed by atoms with E-state index >= 15 is 0 Å². The lowest BCUT2D eigenvalue weighted by Gasteiger charge is -2.14. The minimum absolute atomic E-state index is 0.217. The zero-order valence-corrected chi connectivity index (χ0v) is 12.0. The van der Waals surface area contributed by atoms with E-state index in [9.17, 15) is 8.78 Å². The molecule has 0 aromatic carbocycles. The highest BCUT2D eigenvalue weighted by Crippen LogP contribution is 2.20. The van der Waals surface area contributed by atoms with Crippen LogP contribution in [0.15, 0.2) is 6.33 Å². The second-order valence-electron chi connectivity index (χ2n) is 4.22. The van der Waals surface area contributed by atoms with Gasteiger partial charge < -0.3 is 15.4 Å². The van der Waals surface area contributed by atoms with Crippen molar-refractivity contribution in [1.29, 1.82) is 0 Å². The molecule has 1 aromatic rings. The highest BCUT2D eigenvalue weighted by molar-refractivity contribution is 5.57. The van der Waals surface area contributed by atoms with Crippen LogP contribution >= 0.6 is 0 Å². The van der Waals surface area contributed by atoms with Gasteiger partial charge in [-0.05, 0) is 12.8 Å². The van der Waals surface area contributed by atoms with E-state index in [4.69, 9.17) is 4.74 Å². The van der Waals surface area contributed by atoms with Crippen molar-refractivity contribution in [3.05, 3.63) is 11.9 Å². The molecule has 0 radical (unpaired) electrons. The standard InChI is InChI=1S/C13H22F2N4O/c1-3-5-16-12-10(4-2)13(19-9-18-12)17-6-7-20-8-11(14)15/h9,11H,3-8H2,1-2H3,(H2,16,17,18,19). The van der Waals surface area contributed by atoms with Crippen LogP contribution in [-0.2, 0) is 11.2 Å². The van der Waals surface area contributed by atoms with E-state index in [1.54, 1.807) is 0 Å². The first-order valence-corrected chi connectivity index (χ1v) is 6.86. The summed E-state index contributed by atoms with van der Waals surface area (Å²) in [4.78, 5) is 8.41. The summed E-state index contributed by atoms with van der Waals surface area (Å²) in [5.41, 5.74) is 0.995. The van der Waals surface area contributed by atoms with Gasteiger partial charge in [-0.3, -0.25) is 0 Å². The van der Waals surface area contributed by atoms with Gasteiger partial charge in [0, 0.05) is 18.7 Å². The summed E-state index contributed by atoms with van der Waals surface area (Å²) >= 11 is 0. The molecule has 0 saturated carbocycles. The van der Waals surface area contributed by atoms with Crippen molar-refractivity contribution in [2.24, 2.45) is 0 Å². The Labute approximate surface area is 118 Å². The van der Waals surface area contributed by atoms with Gasteiger partial charge in [0.25, 0.3) is 6.43 Å².